The average molecular weight is 380 g/mol. The molecule has 0 bridgehead atoms. The third-order valence-electron chi connectivity index (χ3n) is 4.58. The fourth-order valence-corrected chi connectivity index (χ4v) is 2.87. The second kappa shape index (κ2) is 7.60. The van der Waals surface area contributed by atoms with Gasteiger partial charge in [-0.05, 0) is 60.9 Å². The van der Waals surface area contributed by atoms with Gasteiger partial charge in [0.05, 0.1) is 19.6 Å². The minimum atomic E-state index is -0.879. The summed E-state index contributed by atoms with van der Waals surface area (Å²) in [4.78, 5) is 24.8. The Balaban J connectivity index is 2.01. The molecule has 28 heavy (non-hydrogen) atoms. The number of carbonyl (C=O) groups is 1. The van der Waals surface area contributed by atoms with E-state index < -0.39 is 17.0 Å². The van der Waals surface area contributed by atoms with Crippen molar-refractivity contribution in [2.75, 3.05) is 14.2 Å². The van der Waals surface area contributed by atoms with Crippen LogP contribution in [-0.2, 0) is 0 Å². The van der Waals surface area contributed by atoms with E-state index in [9.17, 15) is 14.7 Å². The molecule has 1 aromatic heterocycles. The average Bonchev–Trinajstić information content (AvgIpc) is 2.67. The molecule has 0 aliphatic carbocycles. The molecule has 0 aliphatic heterocycles. The van der Waals surface area contributed by atoms with Gasteiger partial charge in [0, 0.05) is 0 Å². The number of fused-ring (bicyclic) bond motifs is 1. The van der Waals surface area contributed by atoms with E-state index >= 15 is 0 Å². The second-order valence-corrected chi connectivity index (χ2v) is 6.36. The maximum absolute atomic E-state index is 12.6. The number of hydrogen-bond acceptors (Lipinski definition) is 6. The van der Waals surface area contributed by atoms with E-state index in [2.05, 4.69) is 0 Å². The molecule has 0 aliphatic rings. The molecule has 6 heteroatoms. The molecular formula is C22H20O6. The Kier molecular flexibility index (Phi) is 5.22. The number of hydrogen-bond donors (Lipinski definition) is 1. The van der Waals surface area contributed by atoms with Crippen molar-refractivity contribution in [1.29, 1.82) is 0 Å². The summed E-state index contributed by atoms with van der Waals surface area (Å²) in [5, 5.41) is 10.8. The van der Waals surface area contributed by atoms with E-state index in [1.165, 1.54) is 26.4 Å². The van der Waals surface area contributed by atoms with Crippen LogP contribution in [0.25, 0.3) is 17.0 Å². The summed E-state index contributed by atoms with van der Waals surface area (Å²) < 4.78 is 15.6. The van der Waals surface area contributed by atoms with Gasteiger partial charge in [0.25, 0.3) is 0 Å². The molecule has 144 valence electrons. The predicted octanol–water partition coefficient (Wildman–Crippen LogP) is 4.03. The predicted molar refractivity (Wildman–Crippen MR) is 107 cm³/mol. The van der Waals surface area contributed by atoms with Crippen LogP contribution in [0.5, 0.6) is 17.2 Å². The zero-order valence-electron chi connectivity index (χ0n) is 16.0. The van der Waals surface area contributed by atoms with Crippen molar-refractivity contribution in [1.82, 2.24) is 0 Å². The highest BCUT2D eigenvalue weighted by atomic mass is 16.5. The van der Waals surface area contributed by atoms with Gasteiger partial charge >= 0.3 is 5.63 Å². The minimum absolute atomic E-state index is 0.242. The first-order valence-corrected chi connectivity index (χ1v) is 8.57. The molecule has 0 unspecified atom stereocenters. The molecule has 0 spiro atoms. The maximum atomic E-state index is 12.6. The number of ketones is 1. The highest BCUT2D eigenvalue weighted by Gasteiger charge is 2.19. The smallest absolute Gasteiger partial charge is 0.351 e. The zero-order valence-corrected chi connectivity index (χ0v) is 16.0. The Morgan fingerprint density at radius 1 is 1.04 bits per heavy atom. The molecule has 0 saturated carbocycles. The largest absolute Gasteiger partial charge is 0.506 e. The van der Waals surface area contributed by atoms with Crippen molar-refractivity contribution in [3.8, 4) is 17.2 Å². The molecule has 0 radical (unpaired) electrons. The van der Waals surface area contributed by atoms with E-state index in [1.54, 1.807) is 30.3 Å². The summed E-state index contributed by atoms with van der Waals surface area (Å²) in [5.74, 6) is 0.0398. The Hall–Kier alpha value is -3.54. The maximum Gasteiger partial charge on any atom is 0.351 e. The summed E-state index contributed by atoms with van der Waals surface area (Å²) in [6.45, 7) is 3.74. The highest BCUT2D eigenvalue weighted by molar-refractivity contribution is 6.10. The summed E-state index contributed by atoms with van der Waals surface area (Å²) in [6.07, 6.45) is 2.73. The lowest BCUT2D eigenvalue weighted by molar-refractivity contribution is 0.104. The van der Waals surface area contributed by atoms with Crippen LogP contribution in [0.4, 0.5) is 0 Å². The Morgan fingerprint density at radius 3 is 2.39 bits per heavy atom. The lowest BCUT2D eigenvalue weighted by Gasteiger charge is -2.08. The van der Waals surface area contributed by atoms with Crippen molar-refractivity contribution in [2.45, 2.75) is 13.8 Å². The van der Waals surface area contributed by atoms with E-state index in [-0.39, 0.29) is 11.3 Å². The number of aromatic hydroxyl groups is 1. The van der Waals surface area contributed by atoms with E-state index in [1.807, 2.05) is 13.8 Å². The second-order valence-electron chi connectivity index (χ2n) is 6.36. The Morgan fingerprint density at radius 2 is 1.71 bits per heavy atom. The van der Waals surface area contributed by atoms with Gasteiger partial charge in [-0.3, -0.25) is 4.79 Å². The summed E-state index contributed by atoms with van der Waals surface area (Å²) in [6, 6.07) is 8.49. The van der Waals surface area contributed by atoms with Crippen molar-refractivity contribution in [3.63, 3.8) is 0 Å². The molecule has 3 aromatic rings. The lowest BCUT2D eigenvalue weighted by atomic mass is 10.0. The van der Waals surface area contributed by atoms with Crippen molar-refractivity contribution >= 4 is 22.8 Å². The first kappa shape index (κ1) is 19.2. The van der Waals surface area contributed by atoms with Gasteiger partial charge in [0.1, 0.15) is 16.9 Å². The van der Waals surface area contributed by atoms with Crippen molar-refractivity contribution in [2.24, 2.45) is 0 Å². The highest BCUT2D eigenvalue weighted by Crippen LogP contribution is 2.30. The SMILES string of the molecule is COc1ccc(/C=C/C(=O)c2c(O)c3cc(C)c(C)cc3oc2=O)cc1OC. The summed E-state index contributed by atoms with van der Waals surface area (Å²) in [7, 11) is 3.04. The molecule has 0 atom stereocenters. The van der Waals surface area contributed by atoms with Crippen LogP contribution in [0.1, 0.15) is 27.0 Å². The van der Waals surface area contributed by atoms with Crippen molar-refractivity contribution < 1.29 is 23.8 Å². The van der Waals surface area contributed by atoms with Crippen molar-refractivity contribution in [3.05, 3.63) is 69.1 Å². The molecule has 6 nitrogen and oxygen atoms in total. The molecule has 0 saturated heterocycles. The van der Waals surface area contributed by atoms with Crippen LogP contribution in [0.2, 0.25) is 0 Å². The first-order valence-electron chi connectivity index (χ1n) is 8.57. The Bertz CT molecular complexity index is 1150. The molecule has 0 amide bonds. The van der Waals surface area contributed by atoms with Gasteiger partial charge in [-0.15, -0.1) is 0 Å². The molecular weight excluding hydrogens is 360 g/mol. The minimum Gasteiger partial charge on any atom is -0.506 e. The van der Waals surface area contributed by atoms with Crippen LogP contribution in [-0.4, -0.2) is 25.1 Å². The third kappa shape index (κ3) is 3.49. The van der Waals surface area contributed by atoms with Crippen LogP contribution in [0.15, 0.2) is 45.6 Å². The van der Waals surface area contributed by atoms with E-state index in [0.29, 0.717) is 22.4 Å². The van der Waals surface area contributed by atoms with Crippen LogP contribution >= 0.6 is 0 Å². The number of methoxy groups -OCH3 is 2. The van der Waals surface area contributed by atoms with Gasteiger partial charge in [-0.25, -0.2) is 4.79 Å². The van der Waals surface area contributed by atoms with E-state index in [0.717, 1.165) is 11.1 Å². The van der Waals surface area contributed by atoms with Crippen LogP contribution in [0.3, 0.4) is 0 Å². The van der Waals surface area contributed by atoms with Crippen LogP contribution in [0, 0.1) is 13.8 Å². The fraction of sp³-hybridized carbons (Fsp3) is 0.182. The summed E-state index contributed by atoms with van der Waals surface area (Å²) >= 11 is 0. The Labute approximate surface area is 161 Å². The first-order chi connectivity index (χ1) is 13.3. The topological polar surface area (TPSA) is 86.0 Å². The van der Waals surface area contributed by atoms with Gasteiger partial charge in [0.15, 0.2) is 17.3 Å². The number of rotatable bonds is 5. The molecule has 0 fully saturated rings. The van der Waals surface area contributed by atoms with Gasteiger partial charge in [-0.2, -0.15) is 0 Å². The number of allylic oxidation sites excluding steroid dienone is 1. The van der Waals surface area contributed by atoms with Gasteiger partial charge < -0.3 is 19.0 Å². The zero-order chi connectivity index (χ0) is 20.4. The standard InChI is InChI=1S/C22H20O6/c1-12-9-15-18(10-13(12)2)28-22(25)20(21(15)24)16(23)7-5-14-6-8-17(26-3)19(11-14)27-4/h5-11,24H,1-4H3/b7-5+. The molecule has 1 N–H and O–H groups in total. The number of ether oxygens (including phenoxy) is 2. The van der Waals surface area contributed by atoms with Crippen LogP contribution < -0.4 is 15.1 Å². The number of benzene rings is 2. The number of aryl methyl sites for hydroxylation is 2. The molecule has 1 heterocycles. The summed E-state index contributed by atoms with van der Waals surface area (Å²) in [5.41, 5.74) is 1.47. The quantitative estimate of drug-likeness (QED) is 0.409. The number of carbonyl (C=O) groups excluding carboxylic acids is 1. The monoisotopic (exact) mass is 380 g/mol. The van der Waals surface area contributed by atoms with Gasteiger partial charge in [-0.1, -0.05) is 12.1 Å². The fourth-order valence-electron chi connectivity index (χ4n) is 2.87. The third-order valence-corrected chi connectivity index (χ3v) is 4.58. The molecule has 3 rings (SSSR count). The normalized spacial score (nSPS) is 11.1. The van der Waals surface area contributed by atoms with Gasteiger partial charge in [0.2, 0.25) is 0 Å². The van der Waals surface area contributed by atoms with E-state index in [4.69, 9.17) is 13.9 Å². The lowest BCUT2D eigenvalue weighted by Crippen LogP contribution is -2.13. The molecule has 2 aromatic carbocycles.